The Balaban J connectivity index is 1.44. The van der Waals surface area contributed by atoms with Gasteiger partial charge in [-0.15, -0.1) is 11.6 Å². The van der Waals surface area contributed by atoms with E-state index in [4.69, 9.17) is 16.3 Å². The van der Waals surface area contributed by atoms with Crippen LogP contribution in [0.15, 0.2) is 12.7 Å². The lowest BCUT2D eigenvalue weighted by atomic mass is 9.95. The van der Waals surface area contributed by atoms with Gasteiger partial charge in [0.15, 0.2) is 23.2 Å². The van der Waals surface area contributed by atoms with Crippen molar-refractivity contribution in [1.29, 1.82) is 0 Å². The van der Waals surface area contributed by atoms with Crippen LogP contribution >= 0.6 is 11.6 Å². The zero-order chi connectivity index (χ0) is 17.8. The molecule has 2 aliphatic carbocycles. The van der Waals surface area contributed by atoms with Gasteiger partial charge >= 0.3 is 0 Å². The Bertz CT molecular complexity index is 817. The number of anilines is 1. The van der Waals surface area contributed by atoms with E-state index < -0.39 is 24.5 Å². The first-order valence-electron chi connectivity index (χ1n) is 9.17. The predicted octanol–water partition coefficient (Wildman–Crippen LogP) is 1.28. The van der Waals surface area contributed by atoms with E-state index in [1.165, 1.54) is 32.0 Å². The fraction of sp³-hybridized carbons (Fsp3) is 0.706. The van der Waals surface area contributed by atoms with Gasteiger partial charge < -0.3 is 20.3 Å². The molecule has 5 rings (SSSR count). The summed E-state index contributed by atoms with van der Waals surface area (Å²) in [5.41, 5.74) is 1.21. The van der Waals surface area contributed by atoms with Gasteiger partial charge in [0.05, 0.1) is 12.2 Å². The van der Waals surface area contributed by atoms with Crippen molar-refractivity contribution >= 4 is 28.6 Å². The molecule has 1 saturated heterocycles. The molecule has 0 aromatic carbocycles. The molecular weight excluding hydrogens is 358 g/mol. The molecule has 8 nitrogen and oxygen atoms in total. The topological polar surface area (TPSA) is 105 Å². The molecule has 9 heteroatoms. The summed E-state index contributed by atoms with van der Waals surface area (Å²) >= 11 is 5.81. The molecule has 7 atom stereocenters. The van der Waals surface area contributed by atoms with Crippen LogP contribution in [0, 0.1) is 11.8 Å². The zero-order valence-corrected chi connectivity index (χ0v) is 15.0. The van der Waals surface area contributed by atoms with Crippen molar-refractivity contribution in [2.45, 2.75) is 56.3 Å². The molecule has 1 aliphatic heterocycles. The highest BCUT2D eigenvalue weighted by molar-refractivity contribution is 6.18. The number of hydrogen-bond acceptors (Lipinski definition) is 7. The summed E-state index contributed by atoms with van der Waals surface area (Å²) in [6.45, 7) is 0. The van der Waals surface area contributed by atoms with Gasteiger partial charge in [-0.05, 0) is 31.1 Å². The molecule has 3 fully saturated rings. The summed E-state index contributed by atoms with van der Waals surface area (Å²) in [7, 11) is 0. The van der Waals surface area contributed by atoms with Crippen LogP contribution in [-0.4, -0.2) is 60.0 Å². The van der Waals surface area contributed by atoms with Crippen LogP contribution in [0.3, 0.4) is 0 Å². The largest absolute Gasteiger partial charge is 0.387 e. The maximum Gasteiger partial charge on any atom is 0.167 e. The quantitative estimate of drug-likeness (QED) is 0.687. The molecule has 2 bridgehead atoms. The molecule has 0 amide bonds. The van der Waals surface area contributed by atoms with E-state index in [9.17, 15) is 10.2 Å². The Labute approximate surface area is 155 Å². The highest BCUT2D eigenvalue weighted by Crippen LogP contribution is 2.45. The number of imidazole rings is 1. The van der Waals surface area contributed by atoms with E-state index in [0.717, 1.165) is 5.92 Å². The fourth-order valence-electron chi connectivity index (χ4n) is 4.83. The number of ether oxygens (including phenoxy) is 1. The maximum absolute atomic E-state index is 10.3. The number of aliphatic hydroxyl groups is 2. The minimum absolute atomic E-state index is 0.105. The van der Waals surface area contributed by atoms with Gasteiger partial charge in [0.25, 0.3) is 0 Å². The van der Waals surface area contributed by atoms with E-state index in [1.54, 1.807) is 10.9 Å². The SMILES string of the molecule is O[C@@H]1[C@H](O)[C@@H](CCl)O[C@H]1n1cnc2c(N[C@H]3C[C@@H]4CC[C@H]3C4)ncnc21. The minimum Gasteiger partial charge on any atom is -0.387 e. The van der Waals surface area contributed by atoms with Gasteiger partial charge in [-0.1, -0.05) is 6.42 Å². The summed E-state index contributed by atoms with van der Waals surface area (Å²) in [5.74, 6) is 2.37. The van der Waals surface area contributed by atoms with E-state index in [2.05, 4.69) is 20.3 Å². The Kier molecular flexibility index (Phi) is 4.04. The monoisotopic (exact) mass is 379 g/mol. The van der Waals surface area contributed by atoms with Gasteiger partial charge in [0.2, 0.25) is 0 Å². The van der Waals surface area contributed by atoms with Crippen molar-refractivity contribution in [2.75, 3.05) is 11.2 Å². The first kappa shape index (κ1) is 16.7. The highest BCUT2D eigenvalue weighted by Gasteiger charge is 2.44. The van der Waals surface area contributed by atoms with Crippen molar-refractivity contribution in [3.63, 3.8) is 0 Å². The summed E-state index contributed by atoms with van der Waals surface area (Å²) in [6.07, 6.45) is 4.66. The normalized spacial score (nSPS) is 39.1. The summed E-state index contributed by atoms with van der Waals surface area (Å²) in [6, 6.07) is 0.438. The number of hydrogen-bond donors (Lipinski definition) is 3. The molecule has 2 aromatic heterocycles. The number of aromatic nitrogens is 4. The van der Waals surface area contributed by atoms with Gasteiger partial charge in [0, 0.05) is 6.04 Å². The fourth-order valence-corrected chi connectivity index (χ4v) is 5.08. The van der Waals surface area contributed by atoms with Crippen LogP contribution in [0.1, 0.15) is 31.9 Å². The lowest BCUT2D eigenvalue weighted by Gasteiger charge is -2.23. The summed E-state index contributed by atoms with van der Waals surface area (Å²) < 4.78 is 7.35. The number of nitrogens with zero attached hydrogens (tertiary/aromatic N) is 4. The van der Waals surface area contributed by atoms with Crippen LogP contribution in [0.4, 0.5) is 5.82 Å². The number of rotatable bonds is 4. The smallest absolute Gasteiger partial charge is 0.167 e. The van der Waals surface area contributed by atoms with Crippen molar-refractivity contribution < 1.29 is 14.9 Å². The average Bonchev–Trinajstić information content (AvgIpc) is 3.41. The third-order valence-electron chi connectivity index (χ3n) is 6.18. The van der Waals surface area contributed by atoms with Crippen molar-refractivity contribution in [3.8, 4) is 0 Å². The van der Waals surface area contributed by atoms with E-state index >= 15 is 0 Å². The number of nitrogens with one attached hydrogen (secondary N) is 1. The van der Waals surface area contributed by atoms with Crippen LogP contribution < -0.4 is 5.32 Å². The molecule has 140 valence electrons. The molecular formula is C17H22ClN5O3. The molecule has 3 aliphatic rings. The highest BCUT2D eigenvalue weighted by atomic mass is 35.5. The average molecular weight is 380 g/mol. The van der Waals surface area contributed by atoms with Gasteiger partial charge in [-0.3, -0.25) is 4.57 Å². The number of halogens is 1. The zero-order valence-electron chi connectivity index (χ0n) is 14.2. The van der Waals surface area contributed by atoms with Crippen LogP contribution in [0.2, 0.25) is 0 Å². The molecule has 2 saturated carbocycles. The van der Waals surface area contributed by atoms with Crippen molar-refractivity contribution in [3.05, 3.63) is 12.7 Å². The molecule has 0 radical (unpaired) electrons. The van der Waals surface area contributed by atoms with Crippen LogP contribution in [0.25, 0.3) is 11.2 Å². The van der Waals surface area contributed by atoms with Crippen molar-refractivity contribution in [1.82, 2.24) is 19.5 Å². The number of fused-ring (bicyclic) bond motifs is 3. The van der Waals surface area contributed by atoms with Crippen LogP contribution in [0.5, 0.6) is 0 Å². The molecule has 0 spiro atoms. The molecule has 26 heavy (non-hydrogen) atoms. The Morgan fingerprint density at radius 2 is 2.08 bits per heavy atom. The third-order valence-corrected chi connectivity index (χ3v) is 6.49. The first-order chi connectivity index (χ1) is 12.7. The van der Waals surface area contributed by atoms with E-state index in [1.807, 2.05) is 0 Å². The van der Waals surface area contributed by atoms with Crippen molar-refractivity contribution in [2.24, 2.45) is 11.8 Å². The van der Waals surface area contributed by atoms with Crippen LogP contribution in [-0.2, 0) is 4.74 Å². The molecule has 2 aromatic rings. The second-order valence-corrected chi connectivity index (χ2v) is 7.98. The number of alkyl halides is 1. The van der Waals surface area contributed by atoms with Gasteiger partial charge in [-0.25, -0.2) is 15.0 Å². The standard InChI is InChI=1S/C17H22ClN5O3/c18-5-11-13(24)14(25)17(26-11)23-7-21-12-15(19-6-20-16(12)23)22-10-4-8-1-2-9(10)3-8/h6-11,13-14,17,24-25H,1-5H2,(H,19,20,22)/t8-,9+,10+,11-,13-,14-,17-/m1/s1. The van der Waals surface area contributed by atoms with E-state index in [-0.39, 0.29) is 5.88 Å². The second-order valence-electron chi connectivity index (χ2n) is 7.67. The van der Waals surface area contributed by atoms with E-state index in [0.29, 0.717) is 28.9 Å². The Morgan fingerprint density at radius 3 is 2.77 bits per heavy atom. The summed E-state index contributed by atoms with van der Waals surface area (Å²) in [4.78, 5) is 13.2. The lowest BCUT2D eigenvalue weighted by molar-refractivity contribution is -0.0291. The summed E-state index contributed by atoms with van der Waals surface area (Å²) in [5, 5.41) is 23.9. The van der Waals surface area contributed by atoms with Gasteiger partial charge in [0.1, 0.15) is 24.6 Å². The van der Waals surface area contributed by atoms with Gasteiger partial charge in [-0.2, -0.15) is 0 Å². The number of aliphatic hydroxyl groups excluding tert-OH is 2. The minimum atomic E-state index is -1.09. The third kappa shape index (κ3) is 2.51. The maximum atomic E-state index is 10.3. The second kappa shape index (κ2) is 6.30. The molecule has 3 heterocycles. The predicted molar refractivity (Wildman–Crippen MR) is 94.8 cm³/mol. The lowest BCUT2D eigenvalue weighted by Crippen LogP contribution is -2.32. The molecule has 3 N–H and O–H groups in total. The molecule has 0 unspecified atom stereocenters. The first-order valence-corrected chi connectivity index (χ1v) is 9.70. The Morgan fingerprint density at radius 1 is 1.19 bits per heavy atom. The Hall–Kier alpha value is -1.48.